The molecule has 0 aliphatic rings. The van der Waals surface area contributed by atoms with Gasteiger partial charge in [0.2, 0.25) is 0 Å². The summed E-state index contributed by atoms with van der Waals surface area (Å²) in [6, 6.07) is 23.6. The molecule has 0 fully saturated rings. The van der Waals surface area contributed by atoms with Gasteiger partial charge < -0.3 is 21.9 Å². The summed E-state index contributed by atoms with van der Waals surface area (Å²) in [6.07, 6.45) is 4.25. The van der Waals surface area contributed by atoms with Gasteiger partial charge in [0.1, 0.15) is 0 Å². The maximum absolute atomic E-state index is 2.20. The van der Waals surface area contributed by atoms with Gasteiger partial charge in [-0.3, -0.25) is 0 Å². The van der Waals surface area contributed by atoms with Crippen molar-refractivity contribution in [1.29, 1.82) is 0 Å². The Hall–Kier alpha value is -2.13. The highest BCUT2D eigenvalue weighted by atomic mass is 79.9. The maximum atomic E-state index is 2.20. The van der Waals surface area contributed by atoms with Gasteiger partial charge in [0.15, 0.2) is 18.9 Å². The Morgan fingerprint density at radius 3 is 1.87 bits per heavy atom. The summed E-state index contributed by atoms with van der Waals surface area (Å²) in [5.41, 5.74) is 5.05. The quantitative estimate of drug-likeness (QED) is 0.616. The van der Waals surface area contributed by atoms with Crippen LogP contribution in [-0.2, 0) is 6.54 Å². The van der Waals surface area contributed by atoms with Crippen LogP contribution in [0.2, 0.25) is 0 Å². The number of aromatic nitrogens is 1. The van der Waals surface area contributed by atoms with Crippen molar-refractivity contribution < 1.29 is 21.5 Å². The zero-order chi connectivity index (χ0) is 15.4. The predicted molar refractivity (Wildman–Crippen MR) is 91.9 cm³/mol. The van der Waals surface area contributed by atoms with E-state index in [-0.39, 0.29) is 17.0 Å². The fraction of sp³-hybridized carbons (Fsp3) is 0.150. The van der Waals surface area contributed by atoms with Gasteiger partial charge in [0.05, 0.1) is 0 Å². The first-order chi connectivity index (χ1) is 10.7. The average Bonchev–Trinajstić information content (AvgIpc) is 2.57. The van der Waals surface area contributed by atoms with Crippen LogP contribution in [0.3, 0.4) is 0 Å². The summed E-state index contributed by atoms with van der Waals surface area (Å²) in [5.74, 6) is 0. The zero-order valence-corrected chi connectivity index (χ0v) is 15.1. The molecule has 0 radical (unpaired) electrons. The summed E-state index contributed by atoms with van der Waals surface area (Å²) < 4.78 is 2.20. The molecule has 0 unspecified atom stereocenters. The van der Waals surface area contributed by atoms with E-state index in [1.165, 1.54) is 22.4 Å². The lowest BCUT2D eigenvalue weighted by molar-refractivity contribution is -0.688. The van der Waals surface area contributed by atoms with E-state index in [9.17, 15) is 0 Å². The first kappa shape index (κ1) is 17.2. The van der Waals surface area contributed by atoms with Crippen LogP contribution < -0.4 is 26.4 Å². The number of hydrogen-bond acceptors (Lipinski definition) is 1. The molecule has 0 saturated heterocycles. The molecule has 2 aromatic carbocycles. The molecule has 0 aliphatic heterocycles. The van der Waals surface area contributed by atoms with Gasteiger partial charge >= 0.3 is 0 Å². The van der Waals surface area contributed by atoms with Crippen molar-refractivity contribution >= 4 is 5.69 Å². The van der Waals surface area contributed by atoms with Crippen molar-refractivity contribution in [2.75, 3.05) is 19.0 Å². The topological polar surface area (TPSA) is 7.12 Å². The fourth-order valence-corrected chi connectivity index (χ4v) is 2.50. The second-order valence-electron chi connectivity index (χ2n) is 5.69. The number of nitrogens with zero attached hydrogens (tertiary/aromatic N) is 2. The zero-order valence-electron chi connectivity index (χ0n) is 13.5. The molecule has 0 amide bonds. The lowest BCUT2D eigenvalue weighted by Crippen LogP contribution is -3.00. The molecule has 3 heteroatoms. The van der Waals surface area contributed by atoms with Gasteiger partial charge in [0, 0.05) is 37.5 Å². The lowest BCUT2D eigenvalue weighted by atomic mass is 10.0. The summed E-state index contributed by atoms with van der Waals surface area (Å²) in [7, 11) is 4.12. The Labute approximate surface area is 148 Å². The third-order valence-corrected chi connectivity index (χ3v) is 3.82. The summed E-state index contributed by atoms with van der Waals surface area (Å²) >= 11 is 0. The molecule has 0 spiro atoms. The standard InChI is InChI=1S/C20H21N2.BrH/c1-21(2)20-12-14-22(15-13-20)16-17-8-10-19(11-9-17)18-6-4-3-5-7-18;/h3-15H,16H2,1-2H3;1H/q+1;/p-1. The third kappa shape index (κ3) is 4.42. The van der Waals surface area contributed by atoms with Crippen molar-refractivity contribution in [3.05, 3.63) is 84.7 Å². The first-order valence-electron chi connectivity index (χ1n) is 7.53. The van der Waals surface area contributed by atoms with Crippen LogP contribution in [0.5, 0.6) is 0 Å². The van der Waals surface area contributed by atoms with Crippen molar-refractivity contribution in [3.8, 4) is 11.1 Å². The summed E-state index contributed by atoms with van der Waals surface area (Å²) in [6.45, 7) is 0.892. The molecular formula is C20H21BrN2. The molecule has 3 rings (SSSR count). The van der Waals surface area contributed by atoms with E-state index < -0.39 is 0 Å². The second-order valence-corrected chi connectivity index (χ2v) is 5.69. The maximum Gasteiger partial charge on any atom is 0.173 e. The smallest absolute Gasteiger partial charge is 0.173 e. The minimum atomic E-state index is 0. The number of benzene rings is 2. The number of halogens is 1. The highest BCUT2D eigenvalue weighted by Gasteiger charge is 2.04. The normalized spacial score (nSPS) is 10.0. The van der Waals surface area contributed by atoms with Gasteiger partial charge in [-0.15, -0.1) is 0 Å². The van der Waals surface area contributed by atoms with E-state index in [0.29, 0.717) is 0 Å². The average molecular weight is 369 g/mol. The van der Waals surface area contributed by atoms with Crippen LogP contribution in [-0.4, -0.2) is 14.1 Å². The minimum Gasteiger partial charge on any atom is -1.00 e. The SMILES string of the molecule is CN(C)c1cc[n+](Cc2ccc(-c3ccccc3)cc2)cc1.[Br-]. The molecule has 2 nitrogen and oxygen atoms in total. The van der Waals surface area contributed by atoms with Crippen molar-refractivity contribution in [2.24, 2.45) is 0 Å². The van der Waals surface area contributed by atoms with Gasteiger partial charge in [-0.25, -0.2) is 4.57 Å². The number of pyridine rings is 1. The molecule has 0 N–H and O–H groups in total. The molecule has 1 aromatic heterocycles. The molecule has 23 heavy (non-hydrogen) atoms. The minimum absolute atomic E-state index is 0. The van der Waals surface area contributed by atoms with Crippen molar-refractivity contribution in [1.82, 2.24) is 0 Å². The Kier molecular flexibility index (Phi) is 5.94. The Morgan fingerprint density at radius 2 is 1.30 bits per heavy atom. The van der Waals surface area contributed by atoms with Crippen molar-refractivity contribution in [3.63, 3.8) is 0 Å². The van der Waals surface area contributed by atoms with Crippen LogP contribution in [0.4, 0.5) is 5.69 Å². The third-order valence-electron chi connectivity index (χ3n) is 3.82. The number of rotatable bonds is 4. The second kappa shape index (κ2) is 7.93. The van der Waals surface area contributed by atoms with E-state index in [4.69, 9.17) is 0 Å². The van der Waals surface area contributed by atoms with Crippen LogP contribution in [0.15, 0.2) is 79.1 Å². The number of hydrogen-bond donors (Lipinski definition) is 0. The van der Waals surface area contributed by atoms with Crippen LogP contribution in [0.1, 0.15) is 5.56 Å². The predicted octanol–water partition coefficient (Wildman–Crippen LogP) is 0.759. The fourth-order valence-electron chi connectivity index (χ4n) is 2.50. The number of anilines is 1. The monoisotopic (exact) mass is 368 g/mol. The van der Waals surface area contributed by atoms with E-state index in [1.54, 1.807) is 0 Å². The van der Waals surface area contributed by atoms with Crippen LogP contribution in [0.25, 0.3) is 11.1 Å². The largest absolute Gasteiger partial charge is 1.00 e. The van der Waals surface area contributed by atoms with Crippen LogP contribution >= 0.6 is 0 Å². The first-order valence-corrected chi connectivity index (χ1v) is 7.53. The molecule has 0 aliphatic carbocycles. The van der Waals surface area contributed by atoms with Crippen LogP contribution in [0, 0.1) is 0 Å². The van der Waals surface area contributed by atoms with Gasteiger partial charge in [-0.05, 0) is 11.1 Å². The molecule has 0 atom stereocenters. The lowest BCUT2D eigenvalue weighted by Gasteiger charge is -2.10. The molecule has 118 valence electrons. The van der Waals surface area contributed by atoms with E-state index >= 15 is 0 Å². The van der Waals surface area contributed by atoms with Gasteiger partial charge in [0.25, 0.3) is 0 Å². The summed E-state index contributed by atoms with van der Waals surface area (Å²) in [5, 5.41) is 0. The molecule has 0 bridgehead atoms. The van der Waals surface area contributed by atoms with Crippen molar-refractivity contribution in [2.45, 2.75) is 6.54 Å². The highest BCUT2D eigenvalue weighted by molar-refractivity contribution is 5.63. The Balaban J connectivity index is 0.00000192. The van der Waals surface area contributed by atoms with Gasteiger partial charge in [-0.1, -0.05) is 54.6 Å². The van der Waals surface area contributed by atoms with Gasteiger partial charge in [-0.2, -0.15) is 0 Å². The van der Waals surface area contributed by atoms with E-state index in [0.717, 1.165) is 6.54 Å². The molecule has 0 saturated carbocycles. The Bertz CT molecular complexity index is 720. The molecule has 1 heterocycles. The van der Waals surface area contributed by atoms with E-state index in [2.05, 4.69) is 96.6 Å². The van der Waals surface area contributed by atoms with E-state index in [1.807, 2.05) is 6.07 Å². The Morgan fingerprint density at radius 1 is 0.739 bits per heavy atom. The highest BCUT2D eigenvalue weighted by Crippen LogP contribution is 2.19. The summed E-state index contributed by atoms with van der Waals surface area (Å²) in [4.78, 5) is 2.11. The molecule has 3 aromatic rings. The molecular weight excluding hydrogens is 348 g/mol.